The van der Waals surface area contributed by atoms with E-state index in [2.05, 4.69) is 31.3 Å². The van der Waals surface area contributed by atoms with Crippen molar-refractivity contribution >= 4 is 11.9 Å². The second kappa shape index (κ2) is 60.2. The molecule has 0 saturated carbocycles. The summed E-state index contributed by atoms with van der Waals surface area (Å²) in [6.07, 6.45) is 72.2. The number of unbranched alkanes of at least 4 members (excludes halogenated alkanes) is 47. The number of aliphatic hydroxyl groups is 2. The number of hydrogen-bond acceptors (Lipinski definition) is 5. The summed E-state index contributed by atoms with van der Waals surface area (Å²) in [5, 5.41) is 23.4. The molecule has 0 aliphatic heterocycles. The lowest BCUT2D eigenvalue weighted by Gasteiger charge is -2.22. The minimum atomic E-state index is -0.669. The molecule has 0 heterocycles. The summed E-state index contributed by atoms with van der Waals surface area (Å²) in [4.78, 5) is 24.5. The predicted octanol–water partition coefficient (Wildman–Crippen LogP) is 20.0. The number of aliphatic hydroxyl groups excluding tert-OH is 2. The van der Waals surface area contributed by atoms with Gasteiger partial charge in [-0.25, -0.2) is 0 Å². The minimum Gasteiger partial charge on any atom is -0.466 e. The highest BCUT2D eigenvalue weighted by atomic mass is 16.5. The summed E-state index contributed by atoms with van der Waals surface area (Å²) < 4.78 is 5.48. The summed E-state index contributed by atoms with van der Waals surface area (Å²) in [7, 11) is 0. The first-order valence-electron chi connectivity index (χ1n) is 31.9. The van der Waals surface area contributed by atoms with Crippen LogP contribution in [0.25, 0.3) is 0 Å². The number of esters is 1. The van der Waals surface area contributed by atoms with Crippen LogP contribution in [0.15, 0.2) is 12.2 Å². The lowest BCUT2D eigenvalue weighted by atomic mass is 10.0. The van der Waals surface area contributed by atoms with Gasteiger partial charge in [0.15, 0.2) is 0 Å². The molecule has 0 spiro atoms. The van der Waals surface area contributed by atoms with E-state index >= 15 is 0 Å². The van der Waals surface area contributed by atoms with Crippen molar-refractivity contribution in [1.29, 1.82) is 0 Å². The number of amides is 1. The molecule has 3 N–H and O–H groups in total. The molecule has 0 aromatic heterocycles. The number of ether oxygens (including phenoxy) is 1. The molecule has 6 heteroatoms. The standard InChI is InChI=1S/C64H125NO5/c1-3-5-7-9-11-13-15-17-18-19-23-26-29-33-36-40-44-48-52-56-62(67)61(60-66)65-63(68)57-53-49-45-41-37-34-30-27-24-21-20-22-25-28-31-35-39-43-47-51-55-59-70-64(69)58-54-50-46-42-38-32-16-14-12-10-8-6-4-2/h21,24,61-62,66-67H,3-20,22-23,25-60H2,1-2H3,(H,65,68)/b24-21-. The van der Waals surface area contributed by atoms with Gasteiger partial charge in [-0.05, 0) is 51.4 Å². The average Bonchev–Trinajstić information content (AvgIpc) is 3.36. The summed E-state index contributed by atoms with van der Waals surface area (Å²) in [6, 6.07) is -0.547. The molecule has 0 aromatic rings. The van der Waals surface area contributed by atoms with Crippen molar-refractivity contribution in [3.63, 3.8) is 0 Å². The summed E-state index contributed by atoms with van der Waals surface area (Å²) in [6.45, 7) is 4.98. The zero-order valence-corrected chi connectivity index (χ0v) is 47.5. The Morgan fingerprint density at radius 2 is 0.671 bits per heavy atom. The van der Waals surface area contributed by atoms with Crippen molar-refractivity contribution in [1.82, 2.24) is 5.32 Å². The van der Waals surface area contributed by atoms with Crippen LogP contribution >= 0.6 is 0 Å². The van der Waals surface area contributed by atoms with Crippen LogP contribution in [0.1, 0.15) is 361 Å². The monoisotopic (exact) mass is 988 g/mol. The van der Waals surface area contributed by atoms with Crippen molar-refractivity contribution in [2.24, 2.45) is 0 Å². The first kappa shape index (κ1) is 68.6. The summed E-state index contributed by atoms with van der Waals surface area (Å²) in [5.41, 5.74) is 0. The lowest BCUT2D eigenvalue weighted by Crippen LogP contribution is -2.45. The molecule has 0 rings (SSSR count). The molecule has 0 aliphatic rings. The first-order valence-corrected chi connectivity index (χ1v) is 31.9. The van der Waals surface area contributed by atoms with E-state index in [-0.39, 0.29) is 18.5 Å². The van der Waals surface area contributed by atoms with E-state index in [0.717, 1.165) is 38.5 Å². The Kier molecular flexibility index (Phi) is 59.0. The number of allylic oxidation sites excluding steroid dienone is 2. The molecule has 0 aromatic carbocycles. The van der Waals surface area contributed by atoms with E-state index in [1.54, 1.807) is 0 Å². The van der Waals surface area contributed by atoms with Gasteiger partial charge in [0.2, 0.25) is 5.91 Å². The van der Waals surface area contributed by atoms with Gasteiger partial charge < -0.3 is 20.3 Å². The van der Waals surface area contributed by atoms with Crippen molar-refractivity contribution in [2.45, 2.75) is 373 Å². The Balaban J connectivity index is 3.42. The van der Waals surface area contributed by atoms with Crippen LogP contribution < -0.4 is 5.32 Å². The van der Waals surface area contributed by atoms with Gasteiger partial charge in [-0.3, -0.25) is 9.59 Å². The zero-order chi connectivity index (χ0) is 50.7. The van der Waals surface area contributed by atoms with E-state index in [1.165, 1.54) is 289 Å². The third-order valence-corrected chi connectivity index (χ3v) is 15.1. The van der Waals surface area contributed by atoms with E-state index in [1.807, 2.05) is 0 Å². The second-order valence-corrected chi connectivity index (χ2v) is 22.1. The number of carbonyl (C=O) groups is 2. The SMILES string of the molecule is CCCCCCCCCCCCCCCCCCCCCC(O)C(CO)NC(=O)CCCCCCCCC/C=C\CCCCCCCCCCCCOC(=O)CCCCCCCCCCCCCCC. The fourth-order valence-electron chi connectivity index (χ4n) is 10.2. The van der Waals surface area contributed by atoms with E-state index in [4.69, 9.17) is 4.74 Å². The fourth-order valence-corrected chi connectivity index (χ4v) is 10.2. The third kappa shape index (κ3) is 55.9. The summed E-state index contributed by atoms with van der Waals surface area (Å²) >= 11 is 0. The van der Waals surface area contributed by atoms with Crippen LogP contribution in [0.4, 0.5) is 0 Å². The average molecular weight is 989 g/mol. The van der Waals surface area contributed by atoms with Crippen LogP contribution in [0.3, 0.4) is 0 Å². The van der Waals surface area contributed by atoms with Gasteiger partial charge >= 0.3 is 5.97 Å². The molecular formula is C64H125NO5. The van der Waals surface area contributed by atoms with Crippen molar-refractivity contribution in [3.05, 3.63) is 12.2 Å². The maximum atomic E-state index is 12.5. The Hall–Kier alpha value is -1.40. The number of rotatable bonds is 60. The molecule has 416 valence electrons. The van der Waals surface area contributed by atoms with Gasteiger partial charge in [-0.2, -0.15) is 0 Å². The number of carbonyl (C=O) groups excluding carboxylic acids is 2. The van der Waals surface area contributed by atoms with E-state index < -0.39 is 12.1 Å². The second-order valence-electron chi connectivity index (χ2n) is 22.1. The topological polar surface area (TPSA) is 95.9 Å². The smallest absolute Gasteiger partial charge is 0.305 e. The zero-order valence-electron chi connectivity index (χ0n) is 47.5. The fraction of sp³-hybridized carbons (Fsp3) is 0.938. The molecule has 0 aliphatic carbocycles. The third-order valence-electron chi connectivity index (χ3n) is 15.1. The largest absolute Gasteiger partial charge is 0.466 e. The maximum absolute atomic E-state index is 12.5. The van der Waals surface area contributed by atoms with Gasteiger partial charge in [-0.1, -0.05) is 309 Å². The molecule has 0 saturated heterocycles. The Morgan fingerprint density at radius 3 is 1.01 bits per heavy atom. The molecule has 0 radical (unpaired) electrons. The van der Waals surface area contributed by atoms with Crippen LogP contribution in [-0.2, 0) is 14.3 Å². The number of nitrogens with one attached hydrogen (secondary N) is 1. The molecule has 0 fully saturated rings. The van der Waals surface area contributed by atoms with Crippen LogP contribution in [0.5, 0.6) is 0 Å². The van der Waals surface area contributed by atoms with E-state index in [0.29, 0.717) is 25.9 Å². The highest BCUT2D eigenvalue weighted by molar-refractivity contribution is 5.76. The van der Waals surface area contributed by atoms with Crippen molar-refractivity contribution < 1.29 is 24.5 Å². The number of hydrogen-bond donors (Lipinski definition) is 3. The van der Waals surface area contributed by atoms with Gasteiger partial charge in [0.05, 0.1) is 25.4 Å². The molecule has 6 nitrogen and oxygen atoms in total. The molecule has 2 atom stereocenters. The van der Waals surface area contributed by atoms with Gasteiger partial charge in [0, 0.05) is 12.8 Å². The summed E-state index contributed by atoms with van der Waals surface area (Å²) in [5.74, 6) is -0.0284. The van der Waals surface area contributed by atoms with Crippen LogP contribution in [0, 0.1) is 0 Å². The minimum absolute atomic E-state index is 0.0106. The first-order chi connectivity index (χ1) is 34.5. The predicted molar refractivity (Wildman–Crippen MR) is 306 cm³/mol. The molecular weight excluding hydrogens is 863 g/mol. The Bertz CT molecular complexity index is 1050. The van der Waals surface area contributed by atoms with Gasteiger partial charge in [0.1, 0.15) is 0 Å². The Morgan fingerprint density at radius 1 is 0.386 bits per heavy atom. The van der Waals surface area contributed by atoms with Crippen LogP contribution in [-0.4, -0.2) is 47.4 Å². The lowest BCUT2D eigenvalue weighted by molar-refractivity contribution is -0.143. The van der Waals surface area contributed by atoms with Crippen molar-refractivity contribution in [2.75, 3.05) is 13.2 Å². The Labute approximate surface area is 438 Å². The van der Waals surface area contributed by atoms with Crippen molar-refractivity contribution in [3.8, 4) is 0 Å². The highest BCUT2D eigenvalue weighted by Crippen LogP contribution is 2.18. The molecule has 2 unspecified atom stereocenters. The maximum Gasteiger partial charge on any atom is 0.305 e. The van der Waals surface area contributed by atoms with Gasteiger partial charge in [0.25, 0.3) is 0 Å². The van der Waals surface area contributed by atoms with Crippen LogP contribution in [0.2, 0.25) is 0 Å². The van der Waals surface area contributed by atoms with Gasteiger partial charge in [-0.15, -0.1) is 0 Å². The molecule has 0 bridgehead atoms. The highest BCUT2D eigenvalue weighted by Gasteiger charge is 2.20. The molecule has 1 amide bonds. The normalized spacial score (nSPS) is 12.6. The van der Waals surface area contributed by atoms with E-state index in [9.17, 15) is 19.8 Å². The molecule has 70 heavy (non-hydrogen) atoms. The quantitative estimate of drug-likeness (QED) is 0.0321.